The van der Waals surface area contributed by atoms with Crippen LogP contribution in [0.1, 0.15) is 29.9 Å². The highest BCUT2D eigenvalue weighted by Gasteiger charge is 2.19. The third kappa shape index (κ3) is 2.90. The molecule has 0 bridgehead atoms. The summed E-state index contributed by atoms with van der Waals surface area (Å²) in [5.41, 5.74) is 5.81. The molecule has 2 nitrogen and oxygen atoms in total. The van der Waals surface area contributed by atoms with Gasteiger partial charge < -0.3 is 5.73 Å². The van der Waals surface area contributed by atoms with Crippen molar-refractivity contribution < 1.29 is 4.79 Å². The fourth-order valence-electron chi connectivity index (χ4n) is 1.25. The van der Waals surface area contributed by atoms with Crippen LogP contribution in [-0.4, -0.2) is 11.8 Å². The van der Waals surface area contributed by atoms with Crippen LogP contribution in [0.15, 0.2) is 15.9 Å². The molecule has 0 amide bonds. The van der Waals surface area contributed by atoms with Crippen molar-refractivity contribution in [3.05, 3.63) is 20.8 Å². The number of ketones is 1. The average molecular weight is 276 g/mol. The Balaban J connectivity index is 2.71. The number of Topliss-reactive ketones (excluding diaryl/α,β-unsaturated/α-hetero) is 1. The van der Waals surface area contributed by atoms with Crippen LogP contribution < -0.4 is 5.73 Å². The molecule has 1 aromatic rings. The lowest BCUT2D eigenvalue weighted by atomic mass is 10.0. The smallest absolute Gasteiger partial charge is 0.190 e. The molecular formula is C10H14BrNOS. The summed E-state index contributed by atoms with van der Waals surface area (Å²) in [7, 11) is 0. The van der Waals surface area contributed by atoms with Crippen LogP contribution in [0.5, 0.6) is 0 Å². The number of carbonyl (C=O) groups excluding carboxylic acids is 1. The zero-order valence-electron chi connectivity index (χ0n) is 8.29. The van der Waals surface area contributed by atoms with Crippen molar-refractivity contribution in [3.8, 4) is 0 Å². The lowest BCUT2D eigenvalue weighted by molar-refractivity contribution is 0.0954. The molecule has 2 N–H and O–H groups in total. The van der Waals surface area contributed by atoms with Crippen LogP contribution >= 0.6 is 27.3 Å². The highest BCUT2D eigenvalue weighted by molar-refractivity contribution is 9.10. The summed E-state index contributed by atoms with van der Waals surface area (Å²) in [5.74, 6) is 0.494. The third-order valence-corrected chi connectivity index (χ3v) is 3.76. The molecule has 1 aromatic heterocycles. The molecule has 0 aromatic carbocycles. The average Bonchev–Trinajstić information content (AvgIpc) is 2.48. The maximum atomic E-state index is 11.8. The highest BCUT2D eigenvalue weighted by Crippen LogP contribution is 2.24. The van der Waals surface area contributed by atoms with Gasteiger partial charge in [-0.05, 0) is 39.7 Å². The predicted molar refractivity (Wildman–Crippen MR) is 63.8 cm³/mol. The summed E-state index contributed by atoms with van der Waals surface area (Å²) in [4.78, 5) is 12.6. The first kappa shape index (κ1) is 11.9. The van der Waals surface area contributed by atoms with Crippen LogP contribution in [0.2, 0.25) is 0 Å². The van der Waals surface area contributed by atoms with E-state index in [0.29, 0.717) is 5.92 Å². The van der Waals surface area contributed by atoms with Crippen molar-refractivity contribution >= 4 is 33.0 Å². The molecule has 0 aliphatic heterocycles. The number of hydrogen-bond donors (Lipinski definition) is 1. The first-order valence-corrected chi connectivity index (χ1v) is 6.22. The molecule has 0 fully saturated rings. The van der Waals surface area contributed by atoms with Gasteiger partial charge in [0, 0.05) is 4.47 Å². The summed E-state index contributed by atoms with van der Waals surface area (Å²) in [5, 5.41) is 1.89. The molecule has 1 heterocycles. The molecule has 1 atom stereocenters. The minimum Gasteiger partial charge on any atom is -0.321 e. The van der Waals surface area contributed by atoms with E-state index in [-0.39, 0.29) is 11.8 Å². The Morgan fingerprint density at radius 2 is 2.29 bits per heavy atom. The second-order valence-corrected chi connectivity index (χ2v) is 5.47. The SMILES string of the molecule is CC(C)CC(N)C(=O)c1sccc1Br. The van der Waals surface area contributed by atoms with E-state index in [1.807, 2.05) is 11.4 Å². The topological polar surface area (TPSA) is 43.1 Å². The van der Waals surface area contributed by atoms with Gasteiger partial charge in [-0.25, -0.2) is 0 Å². The monoisotopic (exact) mass is 275 g/mol. The molecule has 14 heavy (non-hydrogen) atoms. The molecule has 0 saturated heterocycles. The van der Waals surface area contributed by atoms with Crippen LogP contribution in [0.25, 0.3) is 0 Å². The van der Waals surface area contributed by atoms with E-state index in [4.69, 9.17) is 5.73 Å². The molecule has 4 heteroatoms. The van der Waals surface area contributed by atoms with Crippen LogP contribution in [0.4, 0.5) is 0 Å². The lowest BCUT2D eigenvalue weighted by Gasteiger charge is -2.11. The van der Waals surface area contributed by atoms with Gasteiger partial charge >= 0.3 is 0 Å². The minimum atomic E-state index is -0.370. The quantitative estimate of drug-likeness (QED) is 0.859. The first-order chi connectivity index (χ1) is 6.52. The van der Waals surface area contributed by atoms with Gasteiger partial charge in [-0.15, -0.1) is 11.3 Å². The summed E-state index contributed by atoms with van der Waals surface area (Å²) in [6, 6.07) is 1.50. The molecule has 78 valence electrons. The number of hydrogen-bond acceptors (Lipinski definition) is 3. The Morgan fingerprint density at radius 3 is 2.71 bits per heavy atom. The lowest BCUT2D eigenvalue weighted by Crippen LogP contribution is -2.31. The normalized spacial score (nSPS) is 13.2. The van der Waals surface area contributed by atoms with E-state index in [0.717, 1.165) is 15.8 Å². The summed E-state index contributed by atoms with van der Waals surface area (Å²) in [6.07, 6.45) is 0.739. The molecule has 1 unspecified atom stereocenters. The molecule has 0 spiro atoms. The molecule has 0 aliphatic carbocycles. The maximum absolute atomic E-state index is 11.8. The maximum Gasteiger partial charge on any atom is 0.190 e. The predicted octanol–water partition coefficient (Wildman–Crippen LogP) is 3.07. The first-order valence-electron chi connectivity index (χ1n) is 4.55. The van der Waals surface area contributed by atoms with E-state index in [1.165, 1.54) is 11.3 Å². The Kier molecular flexibility index (Phi) is 4.29. The molecule has 0 saturated carbocycles. The fraction of sp³-hybridized carbons (Fsp3) is 0.500. The molecular weight excluding hydrogens is 262 g/mol. The van der Waals surface area contributed by atoms with Crippen molar-refractivity contribution in [2.45, 2.75) is 26.3 Å². The van der Waals surface area contributed by atoms with E-state index in [2.05, 4.69) is 29.8 Å². The standard InChI is InChI=1S/C10H14BrNOS/c1-6(2)5-8(12)9(13)10-7(11)3-4-14-10/h3-4,6,8H,5,12H2,1-2H3. The molecule has 0 aliphatic rings. The van der Waals surface area contributed by atoms with Gasteiger partial charge in [0.15, 0.2) is 5.78 Å². The van der Waals surface area contributed by atoms with Gasteiger partial charge in [-0.2, -0.15) is 0 Å². The van der Waals surface area contributed by atoms with Gasteiger partial charge in [0.25, 0.3) is 0 Å². The Bertz CT molecular complexity index is 322. The molecule has 1 rings (SSSR count). The number of rotatable bonds is 4. The van der Waals surface area contributed by atoms with Crippen molar-refractivity contribution in [2.75, 3.05) is 0 Å². The van der Waals surface area contributed by atoms with Crippen LogP contribution in [0.3, 0.4) is 0 Å². The number of carbonyl (C=O) groups is 1. The van der Waals surface area contributed by atoms with Gasteiger partial charge in [-0.1, -0.05) is 13.8 Å². The van der Waals surface area contributed by atoms with Crippen molar-refractivity contribution in [1.82, 2.24) is 0 Å². The van der Waals surface area contributed by atoms with E-state index < -0.39 is 0 Å². The Labute approximate surface area is 96.6 Å². The van der Waals surface area contributed by atoms with Gasteiger partial charge in [0.2, 0.25) is 0 Å². The third-order valence-electron chi connectivity index (χ3n) is 1.90. The summed E-state index contributed by atoms with van der Waals surface area (Å²) < 4.78 is 0.853. The Hall–Kier alpha value is -0.190. The summed E-state index contributed by atoms with van der Waals surface area (Å²) >= 11 is 4.77. The number of nitrogens with two attached hydrogens (primary N) is 1. The molecule has 0 radical (unpaired) electrons. The Morgan fingerprint density at radius 1 is 1.64 bits per heavy atom. The van der Waals surface area contributed by atoms with Crippen LogP contribution in [0, 0.1) is 5.92 Å². The van der Waals surface area contributed by atoms with Crippen LogP contribution in [-0.2, 0) is 0 Å². The second kappa shape index (κ2) is 5.05. The van der Waals surface area contributed by atoms with Gasteiger partial charge in [0.05, 0.1) is 10.9 Å². The summed E-state index contributed by atoms with van der Waals surface area (Å²) in [6.45, 7) is 4.13. The van der Waals surface area contributed by atoms with Crippen molar-refractivity contribution in [2.24, 2.45) is 11.7 Å². The number of halogens is 1. The second-order valence-electron chi connectivity index (χ2n) is 3.70. The zero-order chi connectivity index (χ0) is 10.7. The highest BCUT2D eigenvalue weighted by atomic mass is 79.9. The van der Waals surface area contributed by atoms with E-state index in [1.54, 1.807) is 0 Å². The largest absolute Gasteiger partial charge is 0.321 e. The van der Waals surface area contributed by atoms with E-state index >= 15 is 0 Å². The zero-order valence-corrected chi connectivity index (χ0v) is 10.7. The number of thiophene rings is 1. The van der Waals surface area contributed by atoms with Gasteiger partial charge in [-0.3, -0.25) is 4.79 Å². The van der Waals surface area contributed by atoms with E-state index in [9.17, 15) is 4.79 Å². The fourth-order valence-corrected chi connectivity index (χ4v) is 2.82. The minimum absolute atomic E-state index is 0.0422. The van der Waals surface area contributed by atoms with Crippen molar-refractivity contribution in [1.29, 1.82) is 0 Å². The van der Waals surface area contributed by atoms with Gasteiger partial charge in [0.1, 0.15) is 0 Å². The van der Waals surface area contributed by atoms with Crippen molar-refractivity contribution in [3.63, 3.8) is 0 Å².